The average molecular weight is 331 g/mol. The van der Waals surface area contributed by atoms with Crippen molar-refractivity contribution in [3.63, 3.8) is 0 Å². The Hall–Kier alpha value is -1.64. The first kappa shape index (κ1) is 15.3. The number of aliphatic imine (C=N–C) groups is 2. The zero-order chi connectivity index (χ0) is 15.4. The van der Waals surface area contributed by atoms with Crippen LogP contribution in [-0.4, -0.2) is 24.5 Å². The van der Waals surface area contributed by atoms with Gasteiger partial charge in [0.25, 0.3) is 0 Å². The van der Waals surface area contributed by atoms with Gasteiger partial charge in [0.2, 0.25) is 0 Å². The van der Waals surface area contributed by atoms with Crippen molar-refractivity contribution in [1.29, 1.82) is 0 Å². The second-order valence-corrected chi connectivity index (χ2v) is 6.24. The van der Waals surface area contributed by atoms with Gasteiger partial charge in [-0.1, -0.05) is 47.5 Å². The maximum absolute atomic E-state index is 5.87. The van der Waals surface area contributed by atoms with Gasteiger partial charge in [-0.05, 0) is 48.2 Å². The second-order valence-electron chi connectivity index (χ2n) is 5.37. The molecular weight excluding hydrogens is 315 g/mol. The molecule has 112 valence electrons. The summed E-state index contributed by atoms with van der Waals surface area (Å²) in [5, 5.41) is 1.48. The van der Waals surface area contributed by atoms with Crippen LogP contribution in [0, 0.1) is 0 Å². The third kappa shape index (κ3) is 3.96. The van der Waals surface area contributed by atoms with Gasteiger partial charge in [0.1, 0.15) is 0 Å². The number of hydrogen-bond donors (Lipinski definition) is 0. The van der Waals surface area contributed by atoms with Crippen LogP contribution >= 0.6 is 23.2 Å². The zero-order valence-electron chi connectivity index (χ0n) is 12.0. The van der Waals surface area contributed by atoms with E-state index < -0.39 is 0 Å². The van der Waals surface area contributed by atoms with Crippen molar-refractivity contribution >= 4 is 35.6 Å². The van der Waals surface area contributed by atoms with Gasteiger partial charge in [-0.3, -0.25) is 9.98 Å². The quantitative estimate of drug-likeness (QED) is 0.700. The monoisotopic (exact) mass is 330 g/mol. The van der Waals surface area contributed by atoms with Crippen molar-refractivity contribution in [1.82, 2.24) is 0 Å². The molecule has 1 fully saturated rings. The fraction of sp³-hybridized carbons (Fsp3) is 0.222. The van der Waals surface area contributed by atoms with Crippen LogP contribution in [0.4, 0.5) is 0 Å². The molecule has 1 saturated carbocycles. The van der Waals surface area contributed by atoms with Crippen LogP contribution in [-0.2, 0) is 0 Å². The predicted molar refractivity (Wildman–Crippen MR) is 94.9 cm³/mol. The van der Waals surface area contributed by atoms with E-state index in [0.29, 0.717) is 0 Å². The SMILES string of the molecule is Clc1ccc(C=N[C@H]2CC[C@@H]2N=Cc2ccc(Cl)cc2)cc1. The zero-order valence-corrected chi connectivity index (χ0v) is 13.5. The van der Waals surface area contributed by atoms with Crippen LogP contribution in [0.25, 0.3) is 0 Å². The minimum Gasteiger partial charge on any atom is -0.287 e. The predicted octanol–water partition coefficient (Wildman–Crippen LogP) is 5.06. The van der Waals surface area contributed by atoms with Crippen LogP contribution in [0.2, 0.25) is 10.0 Å². The van der Waals surface area contributed by atoms with Gasteiger partial charge in [0, 0.05) is 22.5 Å². The molecule has 0 spiro atoms. The van der Waals surface area contributed by atoms with Crippen molar-refractivity contribution in [2.75, 3.05) is 0 Å². The van der Waals surface area contributed by atoms with E-state index in [4.69, 9.17) is 23.2 Å². The van der Waals surface area contributed by atoms with Crippen LogP contribution in [0.3, 0.4) is 0 Å². The lowest BCUT2D eigenvalue weighted by atomic mass is 9.87. The number of hydrogen-bond acceptors (Lipinski definition) is 2. The molecule has 0 bridgehead atoms. The lowest BCUT2D eigenvalue weighted by Gasteiger charge is -2.30. The topological polar surface area (TPSA) is 24.7 Å². The summed E-state index contributed by atoms with van der Waals surface area (Å²) in [6, 6.07) is 15.9. The molecule has 0 N–H and O–H groups in total. The number of nitrogens with zero attached hydrogens (tertiary/aromatic N) is 2. The third-order valence-corrected chi connectivity index (χ3v) is 4.28. The van der Waals surface area contributed by atoms with Crippen molar-refractivity contribution < 1.29 is 0 Å². The normalized spacial score (nSPS) is 21.4. The van der Waals surface area contributed by atoms with Gasteiger partial charge in [-0.15, -0.1) is 0 Å². The molecule has 2 atom stereocenters. The van der Waals surface area contributed by atoms with E-state index in [0.717, 1.165) is 34.0 Å². The van der Waals surface area contributed by atoms with Crippen molar-refractivity contribution in [2.45, 2.75) is 24.9 Å². The Bertz CT molecular complexity index is 614. The Labute approximate surface area is 140 Å². The van der Waals surface area contributed by atoms with E-state index in [1.807, 2.05) is 61.0 Å². The lowest BCUT2D eigenvalue weighted by Crippen LogP contribution is -2.34. The molecule has 0 saturated heterocycles. The first-order chi connectivity index (χ1) is 10.7. The highest BCUT2D eigenvalue weighted by molar-refractivity contribution is 6.30. The molecule has 0 radical (unpaired) electrons. The van der Waals surface area contributed by atoms with E-state index in [2.05, 4.69) is 9.98 Å². The van der Waals surface area contributed by atoms with Gasteiger partial charge in [0.05, 0.1) is 12.1 Å². The molecule has 3 rings (SSSR count). The summed E-state index contributed by atoms with van der Waals surface area (Å²) in [4.78, 5) is 9.27. The molecule has 2 aromatic rings. The second kappa shape index (κ2) is 7.08. The molecular formula is C18H16Cl2N2. The standard InChI is InChI=1S/C18H16Cl2N2/c19-15-5-1-13(2-6-15)11-21-17-9-10-18(17)22-12-14-3-7-16(20)8-4-14/h1-8,11-12,17-18H,9-10H2/t17-,18-/m0/s1. The summed E-state index contributed by atoms with van der Waals surface area (Å²) in [7, 11) is 0. The molecule has 0 aliphatic heterocycles. The summed E-state index contributed by atoms with van der Waals surface area (Å²) < 4.78 is 0. The largest absolute Gasteiger partial charge is 0.287 e. The van der Waals surface area contributed by atoms with Crippen LogP contribution in [0.1, 0.15) is 24.0 Å². The summed E-state index contributed by atoms with van der Waals surface area (Å²) in [6.07, 6.45) is 6.00. The molecule has 2 nitrogen and oxygen atoms in total. The summed E-state index contributed by atoms with van der Waals surface area (Å²) >= 11 is 11.7. The van der Waals surface area contributed by atoms with E-state index >= 15 is 0 Å². The maximum atomic E-state index is 5.87. The summed E-state index contributed by atoms with van der Waals surface area (Å²) in [5.41, 5.74) is 2.13. The highest BCUT2D eigenvalue weighted by Gasteiger charge is 2.29. The minimum atomic E-state index is 0.277. The lowest BCUT2D eigenvalue weighted by molar-refractivity contribution is 0.353. The summed E-state index contributed by atoms with van der Waals surface area (Å²) in [6.45, 7) is 0. The first-order valence-corrected chi connectivity index (χ1v) is 8.04. The van der Waals surface area contributed by atoms with Crippen molar-refractivity contribution in [3.05, 3.63) is 69.7 Å². The van der Waals surface area contributed by atoms with Gasteiger partial charge in [-0.2, -0.15) is 0 Å². The molecule has 1 aliphatic rings. The first-order valence-electron chi connectivity index (χ1n) is 7.28. The number of halogens is 2. The number of benzene rings is 2. The summed E-state index contributed by atoms with van der Waals surface area (Å²) in [5.74, 6) is 0. The highest BCUT2D eigenvalue weighted by atomic mass is 35.5. The highest BCUT2D eigenvalue weighted by Crippen LogP contribution is 2.26. The van der Waals surface area contributed by atoms with E-state index in [1.54, 1.807) is 0 Å². The van der Waals surface area contributed by atoms with E-state index in [-0.39, 0.29) is 12.1 Å². The Morgan fingerprint density at radius 1 is 0.682 bits per heavy atom. The van der Waals surface area contributed by atoms with Gasteiger partial charge in [-0.25, -0.2) is 0 Å². The number of rotatable bonds is 4. The van der Waals surface area contributed by atoms with Crippen LogP contribution in [0.15, 0.2) is 58.5 Å². The van der Waals surface area contributed by atoms with Crippen LogP contribution < -0.4 is 0 Å². The van der Waals surface area contributed by atoms with E-state index in [9.17, 15) is 0 Å². The fourth-order valence-corrected chi connectivity index (χ4v) is 2.53. The van der Waals surface area contributed by atoms with Gasteiger partial charge in [0.15, 0.2) is 0 Å². The molecule has 22 heavy (non-hydrogen) atoms. The molecule has 1 aliphatic carbocycles. The van der Waals surface area contributed by atoms with Gasteiger partial charge >= 0.3 is 0 Å². The Kier molecular flexibility index (Phi) is 4.91. The minimum absolute atomic E-state index is 0.277. The van der Waals surface area contributed by atoms with E-state index in [1.165, 1.54) is 0 Å². The molecule has 0 aromatic heterocycles. The van der Waals surface area contributed by atoms with Crippen LogP contribution in [0.5, 0.6) is 0 Å². The molecule has 4 heteroatoms. The maximum Gasteiger partial charge on any atom is 0.0723 e. The molecule has 0 unspecified atom stereocenters. The van der Waals surface area contributed by atoms with Crippen molar-refractivity contribution in [2.24, 2.45) is 9.98 Å². The fourth-order valence-electron chi connectivity index (χ4n) is 2.27. The van der Waals surface area contributed by atoms with Crippen molar-refractivity contribution in [3.8, 4) is 0 Å². The Morgan fingerprint density at radius 2 is 1.05 bits per heavy atom. The Morgan fingerprint density at radius 3 is 1.36 bits per heavy atom. The van der Waals surface area contributed by atoms with Gasteiger partial charge < -0.3 is 0 Å². The Balaban J connectivity index is 1.59. The average Bonchev–Trinajstić information content (AvgIpc) is 2.50. The molecule has 2 aromatic carbocycles. The molecule has 0 heterocycles. The molecule has 0 amide bonds. The smallest absolute Gasteiger partial charge is 0.0723 e. The third-order valence-electron chi connectivity index (χ3n) is 3.77.